The lowest BCUT2D eigenvalue weighted by molar-refractivity contribution is 0.364. The van der Waals surface area contributed by atoms with Crippen LogP contribution in [-0.2, 0) is 0 Å². The molecule has 5 nitrogen and oxygen atoms in total. The second-order valence-corrected chi connectivity index (χ2v) is 8.02. The Morgan fingerprint density at radius 3 is 2.37 bits per heavy atom. The highest BCUT2D eigenvalue weighted by Gasteiger charge is 2.21. The van der Waals surface area contributed by atoms with Gasteiger partial charge in [-0.3, -0.25) is 0 Å². The quantitative estimate of drug-likeness (QED) is 0.634. The van der Waals surface area contributed by atoms with E-state index in [0.29, 0.717) is 12.1 Å². The maximum atomic E-state index is 4.77. The van der Waals surface area contributed by atoms with Crippen molar-refractivity contribution in [2.75, 3.05) is 30.9 Å². The number of fused-ring (bicyclic) bond motifs is 1. The average Bonchev–Trinajstić information content (AvgIpc) is 2.78. The fraction of sp³-hybridized carbons (Fsp3) is 0.360. The van der Waals surface area contributed by atoms with Crippen LogP contribution in [-0.4, -0.2) is 42.7 Å². The summed E-state index contributed by atoms with van der Waals surface area (Å²) in [6.45, 7) is 0.734. The van der Waals surface area contributed by atoms with E-state index in [1.165, 1.54) is 0 Å². The molecule has 1 aliphatic carbocycles. The Kier molecular flexibility index (Phi) is 6.46. The minimum atomic E-state index is 0.412. The molecular weight excluding hydrogens is 370 g/mol. The molecule has 1 aromatic heterocycles. The monoisotopic (exact) mass is 399 g/mol. The van der Waals surface area contributed by atoms with Crippen LogP contribution in [0.15, 0.2) is 54.6 Å². The lowest BCUT2D eigenvalue weighted by atomic mass is 9.91. The lowest BCUT2D eigenvalue weighted by Crippen LogP contribution is -2.37. The summed E-state index contributed by atoms with van der Waals surface area (Å²) in [6.07, 6.45) is 4.49. The van der Waals surface area contributed by atoms with E-state index in [1.54, 1.807) is 0 Å². The van der Waals surface area contributed by atoms with Crippen LogP contribution in [0, 0.1) is 11.8 Å². The van der Waals surface area contributed by atoms with Crippen molar-refractivity contribution in [2.24, 2.45) is 0 Å². The van der Waals surface area contributed by atoms with E-state index in [4.69, 9.17) is 9.97 Å². The van der Waals surface area contributed by atoms with Crippen LogP contribution in [0.5, 0.6) is 0 Å². The molecule has 0 bridgehead atoms. The van der Waals surface area contributed by atoms with Gasteiger partial charge in [0.25, 0.3) is 0 Å². The van der Waals surface area contributed by atoms with Gasteiger partial charge in [-0.1, -0.05) is 42.2 Å². The van der Waals surface area contributed by atoms with Gasteiger partial charge in [-0.25, -0.2) is 4.98 Å². The smallest absolute Gasteiger partial charge is 0.225 e. The van der Waals surface area contributed by atoms with E-state index in [2.05, 4.69) is 28.5 Å². The normalized spacial score (nSPS) is 18.5. The minimum Gasteiger partial charge on any atom is -0.362 e. The Bertz CT molecular complexity index is 1030. The van der Waals surface area contributed by atoms with Crippen molar-refractivity contribution in [3.8, 4) is 11.8 Å². The number of rotatable bonds is 5. The molecule has 0 spiro atoms. The number of aromatic nitrogens is 2. The van der Waals surface area contributed by atoms with Gasteiger partial charge in [-0.2, -0.15) is 4.98 Å². The van der Waals surface area contributed by atoms with E-state index in [0.717, 1.165) is 60.5 Å². The van der Waals surface area contributed by atoms with Gasteiger partial charge < -0.3 is 15.5 Å². The van der Waals surface area contributed by atoms with Gasteiger partial charge in [0.1, 0.15) is 5.82 Å². The van der Waals surface area contributed by atoms with Crippen molar-refractivity contribution >= 4 is 22.7 Å². The molecule has 3 aromatic rings. The Morgan fingerprint density at radius 2 is 1.60 bits per heavy atom. The minimum absolute atomic E-state index is 0.412. The molecule has 1 heterocycles. The summed E-state index contributed by atoms with van der Waals surface area (Å²) in [5.41, 5.74) is 2.05. The fourth-order valence-electron chi connectivity index (χ4n) is 3.95. The zero-order chi connectivity index (χ0) is 20.8. The molecule has 30 heavy (non-hydrogen) atoms. The van der Waals surface area contributed by atoms with Crippen LogP contribution in [0.25, 0.3) is 10.9 Å². The number of hydrogen-bond donors (Lipinski definition) is 2. The third-order valence-electron chi connectivity index (χ3n) is 5.55. The van der Waals surface area contributed by atoms with Crippen molar-refractivity contribution in [2.45, 2.75) is 37.8 Å². The first-order valence-electron chi connectivity index (χ1n) is 10.7. The van der Waals surface area contributed by atoms with E-state index in [-0.39, 0.29) is 0 Å². The van der Waals surface area contributed by atoms with Gasteiger partial charge in [0.15, 0.2) is 0 Å². The van der Waals surface area contributed by atoms with Gasteiger partial charge in [-0.15, -0.1) is 0 Å². The number of hydrogen-bond acceptors (Lipinski definition) is 5. The highest BCUT2D eigenvalue weighted by atomic mass is 15.2. The van der Waals surface area contributed by atoms with Gasteiger partial charge in [-0.05, 0) is 49.9 Å². The predicted octanol–water partition coefficient (Wildman–Crippen LogP) is 4.06. The Morgan fingerprint density at radius 1 is 0.900 bits per heavy atom. The number of anilines is 2. The molecule has 1 aliphatic rings. The maximum Gasteiger partial charge on any atom is 0.225 e. The van der Waals surface area contributed by atoms with E-state index in [1.807, 2.05) is 67.5 Å². The standard InChI is InChI=1S/C25H29N5/c1-30(2)24-22-12-6-7-13-23(22)28-25(29-24)27-21-16-14-20(15-17-21)26-18-8-11-19-9-4-3-5-10-19/h3-7,9-10,12-13,20-21,26H,14-18H2,1-2H3,(H,27,28,29). The summed E-state index contributed by atoms with van der Waals surface area (Å²) in [7, 11) is 4.05. The maximum absolute atomic E-state index is 4.77. The van der Waals surface area contributed by atoms with Crippen LogP contribution in [0.1, 0.15) is 31.2 Å². The molecule has 2 N–H and O–H groups in total. The fourth-order valence-corrected chi connectivity index (χ4v) is 3.95. The van der Waals surface area contributed by atoms with Crippen LogP contribution < -0.4 is 15.5 Å². The molecular formula is C25H29N5. The number of nitrogens with zero attached hydrogens (tertiary/aromatic N) is 3. The summed E-state index contributed by atoms with van der Waals surface area (Å²) in [5, 5.41) is 8.24. The molecule has 2 aromatic carbocycles. The Labute approximate surface area is 178 Å². The highest BCUT2D eigenvalue weighted by Crippen LogP contribution is 2.26. The summed E-state index contributed by atoms with van der Waals surface area (Å²) in [4.78, 5) is 11.6. The van der Waals surface area contributed by atoms with Crippen molar-refractivity contribution in [1.82, 2.24) is 15.3 Å². The zero-order valence-electron chi connectivity index (χ0n) is 17.7. The van der Waals surface area contributed by atoms with Crippen LogP contribution in [0.2, 0.25) is 0 Å². The topological polar surface area (TPSA) is 53.1 Å². The Hall–Kier alpha value is -3.10. The van der Waals surface area contributed by atoms with Crippen LogP contribution in [0.3, 0.4) is 0 Å². The zero-order valence-corrected chi connectivity index (χ0v) is 17.7. The number of nitrogens with one attached hydrogen (secondary N) is 2. The van der Waals surface area contributed by atoms with E-state index in [9.17, 15) is 0 Å². The molecule has 154 valence electrons. The summed E-state index contributed by atoms with van der Waals surface area (Å²) in [6, 6.07) is 19.3. The van der Waals surface area contributed by atoms with E-state index < -0.39 is 0 Å². The van der Waals surface area contributed by atoms with Crippen molar-refractivity contribution in [1.29, 1.82) is 0 Å². The molecule has 1 saturated carbocycles. The molecule has 4 rings (SSSR count). The summed E-state index contributed by atoms with van der Waals surface area (Å²) < 4.78 is 0. The largest absolute Gasteiger partial charge is 0.362 e. The van der Waals surface area contributed by atoms with Gasteiger partial charge in [0, 0.05) is 37.1 Å². The van der Waals surface area contributed by atoms with Crippen molar-refractivity contribution in [3.63, 3.8) is 0 Å². The summed E-state index contributed by atoms with van der Waals surface area (Å²) >= 11 is 0. The first-order chi connectivity index (χ1) is 14.7. The van der Waals surface area contributed by atoms with Crippen LogP contribution >= 0.6 is 0 Å². The van der Waals surface area contributed by atoms with Crippen molar-refractivity contribution in [3.05, 3.63) is 60.2 Å². The second kappa shape index (κ2) is 9.60. The third kappa shape index (κ3) is 5.08. The molecule has 0 radical (unpaired) electrons. The highest BCUT2D eigenvalue weighted by molar-refractivity contribution is 5.90. The third-order valence-corrected chi connectivity index (χ3v) is 5.55. The first-order valence-corrected chi connectivity index (χ1v) is 10.7. The molecule has 0 aliphatic heterocycles. The second-order valence-electron chi connectivity index (χ2n) is 8.02. The molecule has 0 saturated heterocycles. The summed E-state index contributed by atoms with van der Waals surface area (Å²) in [5.74, 6) is 8.12. The lowest BCUT2D eigenvalue weighted by Gasteiger charge is -2.29. The Balaban J connectivity index is 1.30. The molecule has 5 heteroatoms. The molecule has 0 unspecified atom stereocenters. The SMILES string of the molecule is CN(C)c1nc(NC2CCC(NCC#Cc3ccccc3)CC2)nc2ccccc12. The molecule has 0 atom stereocenters. The van der Waals surface area contributed by atoms with Gasteiger partial charge in [0.05, 0.1) is 12.1 Å². The molecule has 1 fully saturated rings. The average molecular weight is 400 g/mol. The molecule has 0 amide bonds. The number of para-hydroxylation sites is 1. The number of benzene rings is 2. The van der Waals surface area contributed by atoms with E-state index >= 15 is 0 Å². The van der Waals surface area contributed by atoms with Crippen molar-refractivity contribution < 1.29 is 0 Å². The van der Waals surface area contributed by atoms with Gasteiger partial charge >= 0.3 is 0 Å². The van der Waals surface area contributed by atoms with Crippen LogP contribution in [0.4, 0.5) is 11.8 Å². The first kappa shape index (κ1) is 20.2. The predicted molar refractivity (Wildman–Crippen MR) is 125 cm³/mol. The van der Waals surface area contributed by atoms with Gasteiger partial charge in [0.2, 0.25) is 5.95 Å².